The Morgan fingerprint density at radius 3 is 2.59 bits per heavy atom. The molecule has 4 rings (SSSR count). The molecule has 37 heavy (non-hydrogen) atoms. The van der Waals surface area contributed by atoms with Crippen molar-refractivity contribution in [2.75, 3.05) is 11.5 Å². The summed E-state index contributed by atoms with van der Waals surface area (Å²) >= 11 is 0. The van der Waals surface area contributed by atoms with Gasteiger partial charge in [-0.3, -0.25) is 14.5 Å². The predicted molar refractivity (Wildman–Crippen MR) is 141 cm³/mol. The van der Waals surface area contributed by atoms with Gasteiger partial charge in [0.2, 0.25) is 5.91 Å². The standard InChI is InChI=1S/C28H33N5O4/c1-6-28(4,5)29-27(35)26(24-16-15-19(3)37-24)33(20-11-10-12-21(17-20)36-7-2)25(34)18-32-23-14-9-8-13-22(23)30-31-32/h8-17,26H,6-7,18H2,1-5H3,(H,29,35)/t26-/m0/s1. The summed E-state index contributed by atoms with van der Waals surface area (Å²) in [4.78, 5) is 29.4. The van der Waals surface area contributed by atoms with Gasteiger partial charge < -0.3 is 14.5 Å². The zero-order chi connectivity index (χ0) is 26.6. The van der Waals surface area contributed by atoms with E-state index >= 15 is 0 Å². The number of para-hydroxylation sites is 1. The number of nitrogens with zero attached hydrogens (tertiary/aromatic N) is 4. The Bertz CT molecular complexity index is 1390. The van der Waals surface area contributed by atoms with Crippen LogP contribution in [0.25, 0.3) is 11.0 Å². The first-order valence-corrected chi connectivity index (χ1v) is 12.4. The van der Waals surface area contributed by atoms with E-state index in [0.29, 0.717) is 41.5 Å². The fraction of sp³-hybridized carbons (Fsp3) is 0.357. The maximum absolute atomic E-state index is 14.1. The number of hydrogen-bond acceptors (Lipinski definition) is 6. The number of carbonyl (C=O) groups is 2. The molecule has 0 aliphatic carbocycles. The molecule has 2 aromatic carbocycles. The van der Waals surface area contributed by atoms with Crippen LogP contribution in [0.1, 0.15) is 51.7 Å². The molecule has 2 amide bonds. The van der Waals surface area contributed by atoms with Gasteiger partial charge in [-0.15, -0.1) is 5.10 Å². The Kier molecular flexibility index (Phi) is 7.61. The second kappa shape index (κ2) is 10.9. The van der Waals surface area contributed by atoms with Crippen molar-refractivity contribution in [1.82, 2.24) is 20.3 Å². The number of nitrogens with one attached hydrogen (secondary N) is 1. The highest BCUT2D eigenvalue weighted by Crippen LogP contribution is 2.32. The van der Waals surface area contributed by atoms with Gasteiger partial charge >= 0.3 is 0 Å². The molecule has 0 aliphatic rings. The molecule has 0 fully saturated rings. The number of furan rings is 1. The lowest BCUT2D eigenvalue weighted by Crippen LogP contribution is -2.51. The van der Waals surface area contributed by atoms with E-state index in [9.17, 15) is 9.59 Å². The molecule has 1 atom stereocenters. The number of benzene rings is 2. The molecule has 1 N–H and O–H groups in total. The van der Waals surface area contributed by atoms with Crippen LogP contribution in [-0.2, 0) is 16.1 Å². The summed E-state index contributed by atoms with van der Waals surface area (Å²) in [7, 11) is 0. The van der Waals surface area contributed by atoms with Gasteiger partial charge in [-0.1, -0.05) is 30.3 Å². The predicted octanol–water partition coefficient (Wildman–Crippen LogP) is 4.81. The van der Waals surface area contributed by atoms with Crippen LogP contribution in [0.5, 0.6) is 5.75 Å². The van der Waals surface area contributed by atoms with Gasteiger partial charge in [0.05, 0.1) is 12.1 Å². The third-order valence-corrected chi connectivity index (χ3v) is 6.26. The van der Waals surface area contributed by atoms with Gasteiger partial charge in [-0.25, -0.2) is 4.68 Å². The lowest BCUT2D eigenvalue weighted by molar-refractivity contribution is -0.128. The van der Waals surface area contributed by atoms with Crippen molar-refractivity contribution >= 4 is 28.5 Å². The Balaban J connectivity index is 1.82. The van der Waals surface area contributed by atoms with Crippen LogP contribution in [0.2, 0.25) is 0 Å². The summed E-state index contributed by atoms with van der Waals surface area (Å²) in [5.41, 5.74) is 1.42. The Labute approximate surface area is 216 Å². The molecule has 0 unspecified atom stereocenters. The highest BCUT2D eigenvalue weighted by atomic mass is 16.5. The van der Waals surface area contributed by atoms with E-state index in [-0.39, 0.29) is 18.4 Å². The molecule has 0 bridgehead atoms. The van der Waals surface area contributed by atoms with E-state index in [0.717, 1.165) is 5.52 Å². The first-order valence-electron chi connectivity index (χ1n) is 12.4. The minimum absolute atomic E-state index is 0.125. The topological polar surface area (TPSA) is 102 Å². The minimum Gasteiger partial charge on any atom is -0.494 e. The van der Waals surface area contributed by atoms with E-state index in [1.165, 1.54) is 9.58 Å². The Morgan fingerprint density at radius 1 is 1.11 bits per heavy atom. The van der Waals surface area contributed by atoms with Gasteiger partial charge in [0, 0.05) is 17.3 Å². The summed E-state index contributed by atoms with van der Waals surface area (Å²) in [6, 6.07) is 17.0. The number of aryl methyl sites for hydroxylation is 1. The summed E-state index contributed by atoms with van der Waals surface area (Å²) in [5.74, 6) is 0.890. The second-order valence-electron chi connectivity index (χ2n) is 9.51. The number of aromatic nitrogens is 3. The van der Waals surface area contributed by atoms with E-state index < -0.39 is 11.6 Å². The van der Waals surface area contributed by atoms with Gasteiger partial charge in [-0.2, -0.15) is 0 Å². The van der Waals surface area contributed by atoms with Crippen LogP contribution in [-0.4, -0.2) is 39.0 Å². The lowest BCUT2D eigenvalue weighted by Gasteiger charge is -2.33. The molecule has 0 saturated heterocycles. The van der Waals surface area contributed by atoms with Crippen molar-refractivity contribution in [2.24, 2.45) is 0 Å². The molecule has 2 aromatic heterocycles. The summed E-state index contributed by atoms with van der Waals surface area (Å²) in [6.45, 7) is 9.92. The van der Waals surface area contributed by atoms with E-state index in [1.54, 1.807) is 37.3 Å². The average molecular weight is 504 g/mol. The summed E-state index contributed by atoms with van der Waals surface area (Å²) < 4.78 is 13.2. The van der Waals surface area contributed by atoms with Crippen LogP contribution >= 0.6 is 0 Å². The number of amides is 2. The monoisotopic (exact) mass is 503 g/mol. The van der Waals surface area contributed by atoms with E-state index in [2.05, 4.69) is 15.6 Å². The first-order chi connectivity index (χ1) is 17.7. The van der Waals surface area contributed by atoms with Crippen molar-refractivity contribution in [1.29, 1.82) is 0 Å². The van der Waals surface area contributed by atoms with Crippen molar-refractivity contribution in [3.05, 3.63) is 72.2 Å². The maximum Gasteiger partial charge on any atom is 0.251 e. The molecule has 0 aliphatic heterocycles. The van der Waals surface area contributed by atoms with Crippen molar-refractivity contribution in [3.8, 4) is 5.75 Å². The normalized spacial score (nSPS) is 12.4. The number of ether oxygens (including phenoxy) is 1. The molecular formula is C28H33N5O4. The molecule has 0 spiro atoms. The molecule has 0 radical (unpaired) electrons. The quantitative estimate of drug-likeness (QED) is 0.333. The van der Waals surface area contributed by atoms with Gasteiger partial charge in [0.1, 0.15) is 29.3 Å². The molecule has 0 saturated carbocycles. The molecule has 9 nitrogen and oxygen atoms in total. The maximum atomic E-state index is 14.1. The number of anilines is 1. The van der Waals surface area contributed by atoms with Crippen LogP contribution in [0.4, 0.5) is 5.69 Å². The van der Waals surface area contributed by atoms with E-state index in [4.69, 9.17) is 9.15 Å². The number of hydrogen-bond donors (Lipinski definition) is 1. The number of fused-ring (bicyclic) bond motifs is 1. The zero-order valence-corrected chi connectivity index (χ0v) is 21.9. The third kappa shape index (κ3) is 5.82. The highest BCUT2D eigenvalue weighted by Gasteiger charge is 2.37. The number of rotatable bonds is 10. The van der Waals surface area contributed by atoms with E-state index in [1.807, 2.05) is 58.0 Å². The summed E-state index contributed by atoms with van der Waals surface area (Å²) in [5, 5.41) is 11.4. The lowest BCUT2D eigenvalue weighted by atomic mass is 10.0. The molecule has 9 heteroatoms. The summed E-state index contributed by atoms with van der Waals surface area (Å²) in [6.07, 6.45) is 0.710. The van der Waals surface area contributed by atoms with Crippen LogP contribution in [0, 0.1) is 6.92 Å². The molecule has 194 valence electrons. The van der Waals surface area contributed by atoms with Crippen molar-refractivity contribution < 1.29 is 18.7 Å². The molecule has 4 aromatic rings. The average Bonchev–Trinajstić information content (AvgIpc) is 3.48. The van der Waals surface area contributed by atoms with Crippen molar-refractivity contribution in [2.45, 2.75) is 59.2 Å². The molecular weight excluding hydrogens is 470 g/mol. The third-order valence-electron chi connectivity index (χ3n) is 6.26. The number of carbonyl (C=O) groups excluding carboxylic acids is 2. The Morgan fingerprint density at radius 2 is 1.89 bits per heavy atom. The second-order valence-corrected chi connectivity index (χ2v) is 9.51. The highest BCUT2D eigenvalue weighted by molar-refractivity contribution is 6.01. The fourth-order valence-electron chi connectivity index (χ4n) is 4.03. The van der Waals surface area contributed by atoms with Crippen LogP contribution in [0.3, 0.4) is 0 Å². The SMILES string of the molecule is CCOc1cccc(N(C(=O)Cn2nnc3ccccc32)[C@H](C(=O)NC(C)(C)CC)c2ccc(C)o2)c1. The fourth-order valence-corrected chi connectivity index (χ4v) is 4.03. The minimum atomic E-state index is -1.06. The van der Waals surface area contributed by atoms with Crippen molar-refractivity contribution in [3.63, 3.8) is 0 Å². The first kappa shape index (κ1) is 25.9. The largest absolute Gasteiger partial charge is 0.494 e. The van der Waals surface area contributed by atoms with Crippen LogP contribution < -0.4 is 15.0 Å². The Hall–Kier alpha value is -4.14. The molecule has 2 heterocycles. The smallest absolute Gasteiger partial charge is 0.251 e. The van der Waals surface area contributed by atoms with Gasteiger partial charge in [0.15, 0.2) is 6.04 Å². The zero-order valence-electron chi connectivity index (χ0n) is 21.9. The van der Waals surface area contributed by atoms with Gasteiger partial charge in [0.25, 0.3) is 5.91 Å². The van der Waals surface area contributed by atoms with Gasteiger partial charge in [-0.05, 0) is 70.5 Å². The van der Waals surface area contributed by atoms with Crippen LogP contribution in [0.15, 0.2) is 65.1 Å².